The predicted molar refractivity (Wildman–Crippen MR) is 100 cm³/mol. The summed E-state index contributed by atoms with van der Waals surface area (Å²) >= 11 is 6.24. The topological polar surface area (TPSA) is 32.3 Å². The molecule has 0 aliphatic rings. The second-order valence-electron chi connectivity index (χ2n) is 6.14. The zero-order chi connectivity index (χ0) is 17.5. The molecular weight excluding hydrogens is 320 g/mol. The number of hydrogen-bond donors (Lipinski definition) is 1. The molecule has 0 spiro atoms. The number of benzene rings is 2. The van der Waals surface area contributed by atoms with Gasteiger partial charge in [-0.3, -0.25) is 9.69 Å². The summed E-state index contributed by atoms with van der Waals surface area (Å²) in [6, 6.07) is 16.1. The van der Waals surface area contributed by atoms with E-state index in [1.807, 2.05) is 48.3 Å². The first-order valence-electron chi connectivity index (χ1n) is 8.25. The van der Waals surface area contributed by atoms with E-state index >= 15 is 0 Å². The lowest BCUT2D eigenvalue weighted by atomic mass is 10.1. The monoisotopic (exact) mass is 344 g/mol. The SMILES string of the molecule is Cc1ccccc1CCNC(=O)CN(C)C(C)c1ccccc1Cl. The van der Waals surface area contributed by atoms with Crippen molar-refractivity contribution in [2.75, 3.05) is 20.1 Å². The third-order valence-electron chi connectivity index (χ3n) is 4.39. The maximum absolute atomic E-state index is 12.2. The van der Waals surface area contributed by atoms with Crippen molar-refractivity contribution in [3.05, 3.63) is 70.2 Å². The fourth-order valence-corrected chi connectivity index (χ4v) is 2.99. The Hall–Kier alpha value is -1.84. The van der Waals surface area contributed by atoms with Crippen LogP contribution in [0.4, 0.5) is 0 Å². The lowest BCUT2D eigenvalue weighted by Crippen LogP contribution is -2.37. The van der Waals surface area contributed by atoms with E-state index in [9.17, 15) is 4.79 Å². The molecule has 1 unspecified atom stereocenters. The molecule has 0 bridgehead atoms. The molecule has 0 aliphatic heterocycles. The quantitative estimate of drug-likeness (QED) is 0.823. The van der Waals surface area contributed by atoms with Crippen molar-refractivity contribution >= 4 is 17.5 Å². The summed E-state index contributed by atoms with van der Waals surface area (Å²) in [5, 5.41) is 3.73. The second-order valence-corrected chi connectivity index (χ2v) is 6.55. The number of nitrogens with one attached hydrogen (secondary N) is 1. The molecule has 4 heteroatoms. The summed E-state index contributed by atoms with van der Waals surface area (Å²) in [7, 11) is 1.94. The molecule has 0 fully saturated rings. The van der Waals surface area contributed by atoms with Crippen LogP contribution in [0.2, 0.25) is 5.02 Å². The predicted octanol–water partition coefficient (Wildman–Crippen LogP) is 4.00. The van der Waals surface area contributed by atoms with Crippen molar-refractivity contribution < 1.29 is 4.79 Å². The molecule has 128 valence electrons. The van der Waals surface area contributed by atoms with Gasteiger partial charge in [0.2, 0.25) is 5.91 Å². The standard InChI is InChI=1S/C20H25ClN2O/c1-15-8-4-5-9-17(15)12-13-22-20(24)14-23(3)16(2)18-10-6-7-11-19(18)21/h4-11,16H,12-14H2,1-3H3,(H,22,24). The lowest BCUT2D eigenvalue weighted by molar-refractivity contribution is -0.122. The minimum atomic E-state index is 0.0324. The first-order chi connectivity index (χ1) is 11.5. The van der Waals surface area contributed by atoms with Crippen LogP contribution in [0.1, 0.15) is 29.7 Å². The second kappa shape index (κ2) is 8.86. The first kappa shape index (κ1) is 18.5. The van der Waals surface area contributed by atoms with Gasteiger partial charge in [-0.05, 0) is 50.1 Å². The Morgan fingerprint density at radius 2 is 1.83 bits per heavy atom. The van der Waals surface area contributed by atoms with Gasteiger partial charge in [-0.1, -0.05) is 54.1 Å². The molecule has 1 N–H and O–H groups in total. The van der Waals surface area contributed by atoms with Crippen LogP contribution < -0.4 is 5.32 Å². The van der Waals surface area contributed by atoms with E-state index in [0.717, 1.165) is 17.0 Å². The maximum Gasteiger partial charge on any atom is 0.234 e. The molecule has 0 aromatic heterocycles. The van der Waals surface area contributed by atoms with Crippen molar-refractivity contribution in [2.45, 2.75) is 26.3 Å². The Balaban J connectivity index is 1.81. The molecule has 0 saturated heterocycles. The highest BCUT2D eigenvalue weighted by molar-refractivity contribution is 6.31. The fraction of sp³-hybridized carbons (Fsp3) is 0.350. The summed E-state index contributed by atoms with van der Waals surface area (Å²) < 4.78 is 0. The molecule has 1 atom stereocenters. The van der Waals surface area contributed by atoms with E-state index in [2.05, 4.69) is 31.3 Å². The molecule has 0 saturated carbocycles. The molecule has 3 nitrogen and oxygen atoms in total. The smallest absolute Gasteiger partial charge is 0.234 e. The molecule has 0 radical (unpaired) electrons. The number of nitrogens with zero attached hydrogens (tertiary/aromatic N) is 1. The number of hydrogen-bond acceptors (Lipinski definition) is 2. The number of carbonyl (C=O) groups excluding carboxylic acids is 1. The zero-order valence-electron chi connectivity index (χ0n) is 14.6. The molecule has 2 aromatic carbocycles. The largest absolute Gasteiger partial charge is 0.355 e. The molecule has 24 heavy (non-hydrogen) atoms. The van der Waals surface area contributed by atoms with Crippen LogP contribution in [0.15, 0.2) is 48.5 Å². The lowest BCUT2D eigenvalue weighted by Gasteiger charge is -2.25. The molecule has 2 aromatic rings. The van der Waals surface area contributed by atoms with Gasteiger partial charge in [0, 0.05) is 17.6 Å². The van der Waals surface area contributed by atoms with E-state index in [4.69, 9.17) is 11.6 Å². The third kappa shape index (κ3) is 5.08. The van der Waals surface area contributed by atoms with E-state index in [1.165, 1.54) is 11.1 Å². The Kier molecular flexibility index (Phi) is 6.83. The number of carbonyl (C=O) groups is 1. The van der Waals surface area contributed by atoms with Crippen LogP contribution in [-0.4, -0.2) is 30.9 Å². The molecule has 2 rings (SSSR count). The van der Waals surface area contributed by atoms with Crippen LogP contribution in [0.3, 0.4) is 0 Å². The number of amides is 1. The zero-order valence-corrected chi connectivity index (χ0v) is 15.3. The van der Waals surface area contributed by atoms with Crippen LogP contribution in [-0.2, 0) is 11.2 Å². The number of aryl methyl sites for hydroxylation is 1. The van der Waals surface area contributed by atoms with Gasteiger partial charge >= 0.3 is 0 Å². The minimum absolute atomic E-state index is 0.0324. The highest BCUT2D eigenvalue weighted by atomic mass is 35.5. The minimum Gasteiger partial charge on any atom is -0.355 e. The fourth-order valence-electron chi connectivity index (χ4n) is 2.70. The van der Waals surface area contributed by atoms with Crippen molar-refractivity contribution in [1.82, 2.24) is 10.2 Å². The summed E-state index contributed by atoms with van der Waals surface area (Å²) in [5.41, 5.74) is 3.57. The number of likely N-dealkylation sites (N-methyl/N-ethyl adjacent to an activating group) is 1. The van der Waals surface area contributed by atoms with Crippen LogP contribution in [0.5, 0.6) is 0 Å². The Bertz CT molecular complexity index is 687. The van der Waals surface area contributed by atoms with Gasteiger partial charge in [-0.2, -0.15) is 0 Å². The van der Waals surface area contributed by atoms with Gasteiger partial charge in [0.1, 0.15) is 0 Å². The molecular formula is C20H25ClN2O. The van der Waals surface area contributed by atoms with Crippen molar-refractivity contribution in [3.8, 4) is 0 Å². The van der Waals surface area contributed by atoms with Gasteiger partial charge < -0.3 is 5.32 Å². The number of rotatable bonds is 7. The molecule has 0 heterocycles. The highest BCUT2D eigenvalue weighted by Crippen LogP contribution is 2.25. The van der Waals surface area contributed by atoms with E-state index in [-0.39, 0.29) is 11.9 Å². The van der Waals surface area contributed by atoms with Gasteiger partial charge in [0.15, 0.2) is 0 Å². The summed E-state index contributed by atoms with van der Waals surface area (Å²) in [6.45, 7) is 5.15. The summed E-state index contributed by atoms with van der Waals surface area (Å²) in [4.78, 5) is 14.2. The van der Waals surface area contributed by atoms with Crippen molar-refractivity contribution in [2.24, 2.45) is 0 Å². The Morgan fingerprint density at radius 1 is 1.17 bits per heavy atom. The summed E-state index contributed by atoms with van der Waals surface area (Å²) in [6.07, 6.45) is 0.849. The normalized spacial score (nSPS) is 12.2. The maximum atomic E-state index is 12.2. The third-order valence-corrected chi connectivity index (χ3v) is 4.73. The van der Waals surface area contributed by atoms with Gasteiger partial charge in [0.25, 0.3) is 0 Å². The van der Waals surface area contributed by atoms with E-state index in [0.29, 0.717) is 13.1 Å². The summed E-state index contributed by atoms with van der Waals surface area (Å²) in [5.74, 6) is 0.0324. The molecule has 1 amide bonds. The Labute approximate surface area is 149 Å². The first-order valence-corrected chi connectivity index (χ1v) is 8.62. The average molecular weight is 345 g/mol. The Morgan fingerprint density at radius 3 is 2.54 bits per heavy atom. The van der Waals surface area contributed by atoms with Gasteiger partial charge in [-0.15, -0.1) is 0 Å². The van der Waals surface area contributed by atoms with Crippen molar-refractivity contribution in [1.29, 1.82) is 0 Å². The van der Waals surface area contributed by atoms with E-state index in [1.54, 1.807) is 0 Å². The highest BCUT2D eigenvalue weighted by Gasteiger charge is 2.16. The van der Waals surface area contributed by atoms with Crippen LogP contribution in [0, 0.1) is 6.92 Å². The average Bonchev–Trinajstić information content (AvgIpc) is 2.56. The van der Waals surface area contributed by atoms with Gasteiger partial charge in [-0.25, -0.2) is 0 Å². The van der Waals surface area contributed by atoms with Gasteiger partial charge in [0.05, 0.1) is 6.54 Å². The molecule has 0 aliphatic carbocycles. The van der Waals surface area contributed by atoms with Crippen LogP contribution >= 0.6 is 11.6 Å². The van der Waals surface area contributed by atoms with Crippen LogP contribution in [0.25, 0.3) is 0 Å². The van der Waals surface area contributed by atoms with E-state index < -0.39 is 0 Å². The van der Waals surface area contributed by atoms with Crippen molar-refractivity contribution in [3.63, 3.8) is 0 Å². The number of halogens is 1.